The van der Waals surface area contributed by atoms with E-state index in [0.29, 0.717) is 0 Å². The minimum absolute atomic E-state index is 0.139. The lowest BCUT2D eigenvalue weighted by Crippen LogP contribution is -2.09. The fourth-order valence-corrected chi connectivity index (χ4v) is 2.32. The van der Waals surface area contributed by atoms with Gasteiger partial charge in [0.2, 0.25) is 0 Å². The SMILES string of the molecule is CCOC(=O)Cc1cc(C=O)c(C#N)c(SC(F)(F)F)c1. The molecule has 0 unspecified atom stereocenters. The van der Waals surface area contributed by atoms with Crippen LogP contribution in [0.2, 0.25) is 0 Å². The van der Waals surface area contributed by atoms with E-state index in [2.05, 4.69) is 0 Å². The Kier molecular flexibility index (Phi) is 5.79. The number of alkyl halides is 3. The van der Waals surface area contributed by atoms with Crippen molar-refractivity contribution in [1.29, 1.82) is 5.26 Å². The molecule has 0 heterocycles. The molecule has 8 heteroatoms. The van der Waals surface area contributed by atoms with E-state index >= 15 is 0 Å². The number of ether oxygens (including phenoxy) is 1. The van der Waals surface area contributed by atoms with E-state index in [1.54, 1.807) is 13.0 Å². The van der Waals surface area contributed by atoms with E-state index < -0.39 is 28.1 Å². The van der Waals surface area contributed by atoms with E-state index in [1.807, 2.05) is 0 Å². The number of benzene rings is 1. The summed E-state index contributed by atoms with van der Waals surface area (Å²) in [6.45, 7) is 1.73. The zero-order chi connectivity index (χ0) is 16.0. The summed E-state index contributed by atoms with van der Waals surface area (Å²) in [4.78, 5) is 21.9. The maximum absolute atomic E-state index is 12.5. The molecule has 0 aliphatic rings. The van der Waals surface area contributed by atoms with Crippen LogP contribution in [-0.4, -0.2) is 24.4 Å². The van der Waals surface area contributed by atoms with Crippen molar-refractivity contribution in [2.24, 2.45) is 0 Å². The molecule has 0 spiro atoms. The largest absolute Gasteiger partial charge is 0.466 e. The number of nitriles is 1. The number of halogens is 3. The molecule has 1 aromatic rings. The first-order chi connectivity index (χ1) is 9.80. The molecule has 0 saturated heterocycles. The summed E-state index contributed by atoms with van der Waals surface area (Å²) < 4.78 is 42.1. The number of carbonyl (C=O) groups is 2. The second-order valence-electron chi connectivity index (χ2n) is 3.82. The van der Waals surface area contributed by atoms with E-state index in [1.165, 1.54) is 6.07 Å². The molecular formula is C13H10F3NO3S. The predicted octanol–water partition coefficient (Wildman–Crippen LogP) is 3.09. The van der Waals surface area contributed by atoms with Crippen LogP contribution in [0.4, 0.5) is 13.2 Å². The summed E-state index contributed by atoms with van der Waals surface area (Å²) in [6, 6.07) is 3.86. The van der Waals surface area contributed by atoms with Gasteiger partial charge in [0, 0.05) is 10.5 Å². The van der Waals surface area contributed by atoms with Crippen molar-refractivity contribution in [2.75, 3.05) is 6.61 Å². The Morgan fingerprint density at radius 2 is 2.14 bits per heavy atom. The van der Waals surface area contributed by atoms with Gasteiger partial charge in [-0.15, -0.1) is 0 Å². The third-order valence-corrected chi connectivity index (χ3v) is 3.08. The topological polar surface area (TPSA) is 67.2 Å². The quantitative estimate of drug-likeness (QED) is 0.474. The van der Waals surface area contributed by atoms with Crippen LogP contribution in [0.1, 0.15) is 28.4 Å². The number of rotatable bonds is 5. The van der Waals surface area contributed by atoms with Crippen LogP contribution in [0.3, 0.4) is 0 Å². The number of hydrogen-bond donors (Lipinski definition) is 0. The monoisotopic (exact) mass is 317 g/mol. The standard InChI is InChI=1S/C13H10F3NO3S/c1-2-20-12(19)5-8-3-9(7-18)10(6-17)11(4-8)21-13(14,15)16/h3-4,7H,2,5H2,1H3. The molecule has 1 rings (SSSR count). The number of esters is 1. The zero-order valence-corrected chi connectivity index (χ0v) is 11.7. The van der Waals surface area contributed by atoms with Gasteiger partial charge >= 0.3 is 11.5 Å². The van der Waals surface area contributed by atoms with Crippen LogP contribution in [-0.2, 0) is 16.0 Å². The highest BCUT2D eigenvalue weighted by Gasteiger charge is 2.31. The van der Waals surface area contributed by atoms with Crippen molar-refractivity contribution in [2.45, 2.75) is 23.7 Å². The minimum Gasteiger partial charge on any atom is -0.466 e. The van der Waals surface area contributed by atoms with Gasteiger partial charge in [-0.1, -0.05) is 0 Å². The van der Waals surface area contributed by atoms with Gasteiger partial charge in [0.25, 0.3) is 0 Å². The lowest BCUT2D eigenvalue weighted by atomic mass is 10.0. The third-order valence-electron chi connectivity index (χ3n) is 2.31. The van der Waals surface area contributed by atoms with E-state index in [0.717, 1.165) is 6.07 Å². The fraction of sp³-hybridized carbons (Fsp3) is 0.308. The van der Waals surface area contributed by atoms with Crippen LogP contribution < -0.4 is 0 Å². The van der Waals surface area contributed by atoms with Gasteiger partial charge in [-0.05, 0) is 36.4 Å². The maximum Gasteiger partial charge on any atom is 0.446 e. The molecule has 0 saturated carbocycles. The average molecular weight is 317 g/mol. The van der Waals surface area contributed by atoms with Gasteiger partial charge in [0.05, 0.1) is 18.6 Å². The third kappa shape index (κ3) is 5.11. The minimum atomic E-state index is -4.60. The van der Waals surface area contributed by atoms with Crippen molar-refractivity contribution in [1.82, 2.24) is 0 Å². The van der Waals surface area contributed by atoms with Crippen molar-refractivity contribution in [3.63, 3.8) is 0 Å². The molecule has 0 aliphatic carbocycles. The Hall–Kier alpha value is -2.01. The number of nitrogens with zero attached hydrogens (tertiary/aromatic N) is 1. The van der Waals surface area contributed by atoms with Crippen molar-refractivity contribution in [3.8, 4) is 6.07 Å². The summed E-state index contributed by atoms with van der Waals surface area (Å²) in [6.07, 6.45) is 0.0133. The Bertz CT molecular complexity index is 594. The molecule has 0 atom stereocenters. The molecule has 0 aromatic heterocycles. The first kappa shape index (κ1) is 17.0. The molecule has 0 amide bonds. The highest BCUT2D eigenvalue weighted by atomic mass is 32.2. The van der Waals surface area contributed by atoms with Crippen LogP contribution in [0.25, 0.3) is 0 Å². The maximum atomic E-state index is 12.5. The van der Waals surface area contributed by atoms with Crippen molar-refractivity contribution in [3.05, 3.63) is 28.8 Å². The Morgan fingerprint density at radius 3 is 2.62 bits per heavy atom. The van der Waals surface area contributed by atoms with Crippen LogP contribution in [0.15, 0.2) is 17.0 Å². The highest BCUT2D eigenvalue weighted by Crippen LogP contribution is 2.39. The smallest absolute Gasteiger partial charge is 0.446 e. The Balaban J connectivity index is 3.24. The summed E-state index contributed by atoms with van der Waals surface area (Å²) in [5, 5.41) is 8.90. The molecule has 4 nitrogen and oxygen atoms in total. The molecule has 21 heavy (non-hydrogen) atoms. The van der Waals surface area contributed by atoms with Gasteiger partial charge in [0.15, 0.2) is 6.29 Å². The summed E-state index contributed by atoms with van der Waals surface area (Å²) >= 11 is -0.497. The number of aldehydes is 1. The second kappa shape index (κ2) is 7.13. The molecule has 1 aromatic carbocycles. The van der Waals surface area contributed by atoms with Gasteiger partial charge in [-0.2, -0.15) is 18.4 Å². The molecule has 0 fully saturated rings. The summed E-state index contributed by atoms with van der Waals surface area (Å²) in [5.41, 5.74) is -4.97. The molecule has 0 aliphatic heterocycles. The van der Waals surface area contributed by atoms with Crippen LogP contribution in [0.5, 0.6) is 0 Å². The molecule has 112 valence electrons. The van der Waals surface area contributed by atoms with Gasteiger partial charge in [-0.25, -0.2) is 0 Å². The van der Waals surface area contributed by atoms with E-state index in [4.69, 9.17) is 10.00 Å². The molecule has 0 radical (unpaired) electrons. The fourth-order valence-electron chi connectivity index (χ4n) is 1.59. The zero-order valence-electron chi connectivity index (χ0n) is 10.9. The van der Waals surface area contributed by atoms with Gasteiger partial charge < -0.3 is 4.74 Å². The predicted molar refractivity (Wildman–Crippen MR) is 68.8 cm³/mol. The van der Waals surface area contributed by atoms with Gasteiger partial charge in [-0.3, -0.25) is 9.59 Å². The summed E-state index contributed by atoms with van der Waals surface area (Å²) in [7, 11) is 0. The van der Waals surface area contributed by atoms with Crippen molar-refractivity contribution >= 4 is 24.0 Å². The van der Waals surface area contributed by atoms with E-state index in [9.17, 15) is 22.8 Å². The second-order valence-corrected chi connectivity index (χ2v) is 4.92. The number of hydrogen-bond acceptors (Lipinski definition) is 5. The Labute approximate surface area is 122 Å². The van der Waals surface area contributed by atoms with Crippen LogP contribution >= 0.6 is 11.8 Å². The first-order valence-corrected chi connectivity index (χ1v) is 6.56. The first-order valence-electron chi connectivity index (χ1n) is 5.74. The normalized spacial score (nSPS) is 10.8. The molecule has 0 bridgehead atoms. The van der Waals surface area contributed by atoms with Crippen LogP contribution in [0, 0.1) is 11.3 Å². The van der Waals surface area contributed by atoms with Crippen molar-refractivity contribution < 1.29 is 27.5 Å². The Morgan fingerprint density at radius 1 is 1.48 bits per heavy atom. The molecule has 0 N–H and O–H groups in total. The molecular weight excluding hydrogens is 307 g/mol. The lowest BCUT2D eigenvalue weighted by molar-refractivity contribution is -0.142. The highest BCUT2D eigenvalue weighted by molar-refractivity contribution is 8.00. The number of thioether (sulfide) groups is 1. The lowest BCUT2D eigenvalue weighted by Gasteiger charge is -2.11. The summed E-state index contributed by atoms with van der Waals surface area (Å²) in [5.74, 6) is -0.623. The van der Waals surface area contributed by atoms with E-state index in [-0.39, 0.29) is 36.0 Å². The number of carbonyl (C=O) groups excluding carboxylic acids is 2. The average Bonchev–Trinajstić information content (AvgIpc) is 2.36. The van der Waals surface area contributed by atoms with Gasteiger partial charge in [0.1, 0.15) is 6.07 Å².